The molecule has 0 saturated heterocycles. The van der Waals surface area contributed by atoms with E-state index >= 15 is 0 Å². The van der Waals surface area contributed by atoms with Gasteiger partial charge in [-0.1, -0.05) is 38.4 Å². The molecule has 0 radical (unpaired) electrons. The van der Waals surface area contributed by atoms with E-state index in [1.807, 2.05) is 20.8 Å². The number of hydrogen-bond donors (Lipinski definition) is 4. The Labute approximate surface area is 185 Å². The van der Waals surface area contributed by atoms with Gasteiger partial charge in [0.15, 0.2) is 0 Å². The van der Waals surface area contributed by atoms with Gasteiger partial charge in [-0.2, -0.15) is 0 Å². The smallest absolute Gasteiger partial charge is 0.342 e. The van der Waals surface area contributed by atoms with Crippen molar-refractivity contribution in [3.05, 3.63) is 33.9 Å². The van der Waals surface area contributed by atoms with Crippen LogP contribution in [0.2, 0.25) is 5.02 Å². The average Bonchev–Trinajstić information content (AvgIpc) is 2.91. The van der Waals surface area contributed by atoms with Crippen LogP contribution in [-0.2, 0) is 9.53 Å². The predicted octanol–water partition coefficient (Wildman–Crippen LogP) is 2.89. The van der Waals surface area contributed by atoms with Crippen LogP contribution in [0.4, 0.5) is 0 Å². The molecule has 6 atom stereocenters. The fourth-order valence-electron chi connectivity index (χ4n) is 6.21. The first-order chi connectivity index (χ1) is 14.3. The molecule has 3 aliphatic rings. The van der Waals surface area contributed by atoms with Crippen molar-refractivity contribution in [2.75, 3.05) is 0 Å². The number of halogens is 1. The van der Waals surface area contributed by atoms with Crippen molar-refractivity contribution in [1.82, 2.24) is 0 Å². The van der Waals surface area contributed by atoms with Gasteiger partial charge in [-0.05, 0) is 36.7 Å². The minimum atomic E-state index is -1.75. The van der Waals surface area contributed by atoms with Crippen LogP contribution in [0.1, 0.15) is 49.5 Å². The third kappa shape index (κ3) is 2.73. The number of aldehydes is 1. The van der Waals surface area contributed by atoms with E-state index in [4.69, 9.17) is 16.3 Å². The molecule has 0 unspecified atom stereocenters. The summed E-state index contributed by atoms with van der Waals surface area (Å²) >= 11 is 5.99. The topological polar surface area (TPSA) is 124 Å². The van der Waals surface area contributed by atoms with Gasteiger partial charge in [0.1, 0.15) is 35.1 Å². The van der Waals surface area contributed by atoms with Crippen molar-refractivity contribution in [2.24, 2.45) is 22.7 Å². The number of carbonyl (C=O) groups is 2. The molecular formula is C23H27ClO7. The Bertz CT molecular complexity index is 1020. The lowest BCUT2D eigenvalue weighted by Crippen LogP contribution is -2.74. The second kappa shape index (κ2) is 6.70. The molecule has 8 heteroatoms. The van der Waals surface area contributed by atoms with Crippen LogP contribution in [0.3, 0.4) is 0 Å². The molecule has 0 heterocycles. The number of aliphatic hydroxyl groups excluding tert-OH is 1. The van der Waals surface area contributed by atoms with Gasteiger partial charge >= 0.3 is 5.97 Å². The van der Waals surface area contributed by atoms with E-state index in [0.29, 0.717) is 12.7 Å². The molecule has 0 bridgehead atoms. The summed E-state index contributed by atoms with van der Waals surface area (Å²) in [5.41, 5.74) is -2.91. The highest BCUT2D eigenvalue weighted by Crippen LogP contribution is 2.68. The van der Waals surface area contributed by atoms with Gasteiger partial charge in [-0.25, -0.2) is 4.79 Å². The molecule has 31 heavy (non-hydrogen) atoms. The number of aliphatic hydroxyl groups is 2. The molecule has 0 amide bonds. The second-order valence-electron chi connectivity index (χ2n) is 10.1. The Kier molecular flexibility index (Phi) is 4.78. The largest absolute Gasteiger partial charge is 0.507 e. The predicted molar refractivity (Wildman–Crippen MR) is 112 cm³/mol. The lowest BCUT2D eigenvalue weighted by Gasteiger charge is -2.64. The van der Waals surface area contributed by atoms with Gasteiger partial charge in [0.25, 0.3) is 0 Å². The molecule has 2 fully saturated rings. The van der Waals surface area contributed by atoms with Crippen molar-refractivity contribution in [3.8, 4) is 11.5 Å². The Morgan fingerprint density at radius 2 is 1.87 bits per heavy atom. The molecule has 0 spiro atoms. The third-order valence-corrected chi connectivity index (χ3v) is 8.40. The fraction of sp³-hybridized carbons (Fsp3) is 0.565. The molecule has 0 aliphatic heterocycles. The standard InChI is InChI=1S/C23H27ClO7/c1-10-16(13(26)6-14(27)18(10)24)20(29)31-15-8-22(4)17-11(7-21(2,3)19(17)28)5-12(9-25)23(15,22)30/h5-6,9,11,15,17,19,26-28,30H,7-8H2,1-4H3/t11-,15+,17+,19+,22+,23-/m0/s1. The first-order valence-corrected chi connectivity index (χ1v) is 10.7. The van der Waals surface area contributed by atoms with Gasteiger partial charge in [-0.3, -0.25) is 4.79 Å². The molecule has 3 aliphatic carbocycles. The minimum absolute atomic E-state index is 0.0608. The minimum Gasteiger partial charge on any atom is -0.507 e. The highest BCUT2D eigenvalue weighted by molar-refractivity contribution is 6.33. The zero-order valence-corrected chi connectivity index (χ0v) is 18.6. The van der Waals surface area contributed by atoms with Gasteiger partial charge in [0.2, 0.25) is 0 Å². The number of ether oxygens (including phenoxy) is 1. The summed E-state index contributed by atoms with van der Waals surface area (Å²) in [6.07, 6.45) is 1.51. The van der Waals surface area contributed by atoms with Crippen LogP contribution in [0.15, 0.2) is 17.7 Å². The van der Waals surface area contributed by atoms with Crippen LogP contribution in [0, 0.1) is 29.6 Å². The number of allylic oxidation sites excluding steroid dienone is 1. The third-order valence-electron chi connectivity index (χ3n) is 7.92. The lowest BCUT2D eigenvalue weighted by molar-refractivity contribution is -0.257. The molecule has 168 valence electrons. The molecule has 1 aromatic carbocycles. The summed E-state index contributed by atoms with van der Waals surface area (Å²) < 4.78 is 5.56. The van der Waals surface area contributed by atoms with Crippen LogP contribution in [-0.4, -0.2) is 50.5 Å². The summed E-state index contributed by atoms with van der Waals surface area (Å²) in [6, 6.07) is 0.949. The number of carbonyl (C=O) groups excluding carboxylic acids is 2. The number of fused-ring (bicyclic) bond motifs is 3. The van der Waals surface area contributed by atoms with Gasteiger partial charge in [0, 0.05) is 23.0 Å². The Morgan fingerprint density at radius 1 is 1.23 bits per heavy atom. The number of phenolic OH excluding ortho intramolecular Hbond substituents is 2. The highest BCUT2D eigenvalue weighted by atomic mass is 35.5. The molecule has 2 saturated carbocycles. The normalized spacial score (nSPS) is 37.8. The first kappa shape index (κ1) is 22.1. The maximum Gasteiger partial charge on any atom is 0.342 e. The molecule has 0 aromatic heterocycles. The van der Waals surface area contributed by atoms with Crippen molar-refractivity contribution in [2.45, 2.75) is 58.3 Å². The SMILES string of the molecule is Cc1c(Cl)c(O)cc(O)c1C(=O)O[C@@H]1C[C@]2(C)[C@H]3[C@@H](O)C(C)(C)C[C@@H]3C=C(C=O)[C@]12O. The van der Waals surface area contributed by atoms with E-state index in [1.165, 1.54) is 6.92 Å². The quantitative estimate of drug-likeness (QED) is 0.412. The fourth-order valence-corrected chi connectivity index (χ4v) is 6.36. The summed E-state index contributed by atoms with van der Waals surface area (Å²) in [6.45, 7) is 7.19. The average molecular weight is 451 g/mol. The van der Waals surface area contributed by atoms with Gasteiger partial charge < -0.3 is 25.2 Å². The van der Waals surface area contributed by atoms with Crippen molar-refractivity contribution >= 4 is 23.9 Å². The van der Waals surface area contributed by atoms with E-state index in [9.17, 15) is 30.0 Å². The van der Waals surface area contributed by atoms with Crippen LogP contribution >= 0.6 is 11.6 Å². The summed E-state index contributed by atoms with van der Waals surface area (Å²) in [7, 11) is 0. The number of esters is 1. The van der Waals surface area contributed by atoms with E-state index in [2.05, 4.69) is 0 Å². The number of benzene rings is 1. The zero-order chi connectivity index (χ0) is 23.1. The molecule has 4 N–H and O–H groups in total. The van der Waals surface area contributed by atoms with Gasteiger partial charge in [-0.15, -0.1) is 0 Å². The second-order valence-corrected chi connectivity index (χ2v) is 10.5. The number of phenols is 2. The molecular weight excluding hydrogens is 424 g/mol. The van der Waals surface area contributed by atoms with E-state index in [1.54, 1.807) is 6.08 Å². The van der Waals surface area contributed by atoms with Crippen molar-refractivity contribution in [1.29, 1.82) is 0 Å². The Morgan fingerprint density at radius 3 is 2.48 bits per heavy atom. The highest BCUT2D eigenvalue weighted by Gasteiger charge is 2.74. The van der Waals surface area contributed by atoms with E-state index in [-0.39, 0.29) is 51.1 Å². The molecule has 4 rings (SSSR count). The Balaban J connectivity index is 1.69. The van der Waals surface area contributed by atoms with Crippen LogP contribution in [0.5, 0.6) is 11.5 Å². The monoisotopic (exact) mass is 450 g/mol. The van der Waals surface area contributed by atoms with E-state index in [0.717, 1.165) is 6.07 Å². The van der Waals surface area contributed by atoms with Crippen molar-refractivity contribution < 1.29 is 34.8 Å². The number of rotatable bonds is 3. The number of hydrogen-bond acceptors (Lipinski definition) is 7. The summed E-state index contributed by atoms with van der Waals surface area (Å²) in [5.74, 6) is -2.14. The van der Waals surface area contributed by atoms with Crippen LogP contribution < -0.4 is 0 Å². The summed E-state index contributed by atoms with van der Waals surface area (Å²) in [5, 5.41) is 42.4. The van der Waals surface area contributed by atoms with Crippen molar-refractivity contribution in [3.63, 3.8) is 0 Å². The zero-order valence-electron chi connectivity index (χ0n) is 17.8. The maximum atomic E-state index is 12.9. The van der Waals surface area contributed by atoms with Crippen LogP contribution in [0.25, 0.3) is 0 Å². The summed E-state index contributed by atoms with van der Waals surface area (Å²) in [4.78, 5) is 24.8. The lowest BCUT2D eigenvalue weighted by atomic mass is 9.44. The first-order valence-electron chi connectivity index (χ1n) is 10.3. The molecule has 1 aromatic rings. The van der Waals surface area contributed by atoms with E-state index < -0.39 is 34.9 Å². The Hall–Kier alpha value is -2.09. The van der Waals surface area contributed by atoms with Gasteiger partial charge in [0.05, 0.1) is 11.1 Å². The number of aromatic hydroxyl groups is 2. The molecule has 7 nitrogen and oxygen atoms in total. The maximum absolute atomic E-state index is 12.9.